The molecule has 0 bridgehead atoms. The Bertz CT molecular complexity index is 704. The molecular formula is C14H12N2O2. The molecule has 90 valence electrons. The van der Waals surface area contributed by atoms with Gasteiger partial charge in [0.15, 0.2) is 0 Å². The molecule has 4 nitrogen and oxygen atoms in total. The van der Waals surface area contributed by atoms with E-state index in [4.69, 9.17) is 4.74 Å². The van der Waals surface area contributed by atoms with Gasteiger partial charge in [-0.3, -0.25) is 0 Å². The lowest BCUT2D eigenvalue weighted by Crippen LogP contribution is -1.86. The van der Waals surface area contributed by atoms with Crippen molar-refractivity contribution in [1.29, 1.82) is 0 Å². The molecule has 0 spiro atoms. The number of hydrogen-bond acceptors (Lipinski definition) is 3. The maximum Gasteiger partial charge on any atom is 0.137 e. The molecule has 1 aromatic carbocycles. The Morgan fingerprint density at radius 2 is 1.94 bits per heavy atom. The highest BCUT2D eigenvalue weighted by atomic mass is 16.5. The van der Waals surface area contributed by atoms with Gasteiger partial charge < -0.3 is 14.2 Å². The Morgan fingerprint density at radius 1 is 1.11 bits per heavy atom. The molecule has 2 aromatic heterocycles. The zero-order valence-corrected chi connectivity index (χ0v) is 9.87. The van der Waals surface area contributed by atoms with Crippen LogP contribution in [0.15, 0.2) is 48.8 Å². The second-order valence-electron chi connectivity index (χ2n) is 3.98. The summed E-state index contributed by atoms with van der Waals surface area (Å²) in [5.74, 6) is 0.997. The average Bonchev–Trinajstić information content (AvgIpc) is 2.81. The van der Waals surface area contributed by atoms with E-state index in [0.29, 0.717) is 0 Å². The summed E-state index contributed by atoms with van der Waals surface area (Å²) in [5.41, 5.74) is 2.27. The van der Waals surface area contributed by atoms with Crippen molar-refractivity contribution in [1.82, 2.24) is 9.38 Å². The van der Waals surface area contributed by atoms with Crippen LogP contribution in [0.25, 0.3) is 16.9 Å². The van der Waals surface area contributed by atoms with E-state index in [1.54, 1.807) is 19.2 Å². The molecule has 0 aliphatic carbocycles. The minimum absolute atomic E-state index is 0.230. The summed E-state index contributed by atoms with van der Waals surface area (Å²) >= 11 is 0. The highest BCUT2D eigenvalue weighted by molar-refractivity contribution is 5.68. The molecule has 0 unspecified atom stereocenters. The van der Waals surface area contributed by atoms with Gasteiger partial charge in [-0.05, 0) is 24.3 Å². The molecule has 0 radical (unpaired) electrons. The topological polar surface area (TPSA) is 46.8 Å². The van der Waals surface area contributed by atoms with Crippen LogP contribution in [-0.4, -0.2) is 21.6 Å². The fraction of sp³-hybridized carbons (Fsp3) is 0.0714. The molecule has 0 atom stereocenters. The van der Waals surface area contributed by atoms with E-state index in [2.05, 4.69) is 4.98 Å². The first-order valence-corrected chi connectivity index (χ1v) is 5.59. The van der Waals surface area contributed by atoms with Gasteiger partial charge in [-0.1, -0.05) is 12.1 Å². The molecule has 0 saturated carbocycles. The van der Waals surface area contributed by atoms with Crippen LogP contribution in [0.5, 0.6) is 11.5 Å². The Hall–Kier alpha value is -2.49. The highest BCUT2D eigenvalue weighted by Gasteiger charge is 2.08. The van der Waals surface area contributed by atoms with Gasteiger partial charge in [0.1, 0.15) is 17.1 Å². The lowest BCUT2D eigenvalue weighted by atomic mass is 10.1. The summed E-state index contributed by atoms with van der Waals surface area (Å²) in [7, 11) is 1.63. The summed E-state index contributed by atoms with van der Waals surface area (Å²) < 4.78 is 7.04. The molecule has 2 heterocycles. The Balaban J connectivity index is 2.17. The number of rotatable bonds is 2. The van der Waals surface area contributed by atoms with Crippen LogP contribution >= 0.6 is 0 Å². The van der Waals surface area contributed by atoms with Crippen LogP contribution < -0.4 is 4.74 Å². The first-order chi connectivity index (χ1) is 8.78. The molecule has 0 saturated heterocycles. The number of pyridine rings is 1. The highest BCUT2D eigenvalue weighted by Crippen LogP contribution is 2.28. The SMILES string of the molecule is COc1ccc2nc(-c3ccccc3O)cn2c1. The number of nitrogens with zero attached hydrogens (tertiary/aromatic N) is 2. The van der Waals surface area contributed by atoms with Crippen LogP contribution in [0.2, 0.25) is 0 Å². The normalized spacial score (nSPS) is 10.7. The Kier molecular flexibility index (Phi) is 2.41. The maximum atomic E-state index is 9.82. The Labute approximate surface area is 104 Å². The third kappa shape index (κ3) is 1.68. The van der Waals surface area contributed by atoms with E-state index in [9.17, 15) is 5.11 Å². The Morgan fingerprint density at radius 3 is 2.72 bits per heavy atom. The standard InChI is InChI=1S/C14H12N2O2/c1-18-10-6-7-14-15-12(9-16(14)8-10)11-4-2-3-5-13(11)17/h2-9,17H,1H3. The monoisotopic (exact) mass is 240 g/mol. The van der Waals surface area contributed by atoms with Crippen molar-refractivity contribution < 1.29 is 9.84 Å². The summed E-state index contributed by atoms with van der Waals surface area (Å²) in [4.78, 5) is 4.47. The number of imidazole rings is 1. The minimum atomic E-state index is 0.230. The summed E-state index contributed by atoms with van der Waals surface area (Å²) in [6, 6.07) is 10.9. The fourth-order valence-corrected chi connectivity index (χ4v) is 1.91. The van der Waals surface area contributed by atoms with Gasteiger partial charge in [0.25, 0.3) is 0 Å². The molecule has 1 N–H and O–H groups in total. The van der Waals surface area contributed by atoms with Crippen molar-refractivity contribution in [2.45, 2.75) is 0 Å². The minimum Gasteiger partial charge on any atom is -0.507 e. The smallest absolute Gasteiger partial charge is 0.137 e. The first-order valence-electron chi connectivity index (χ1n) is 5.59. The number of para-hydroxylation sites is 1. The quantitative estimate of drug-likeness (QED) is 0.749. The number of phenolic OH excluding ortho intramolecular Hbond substituents is 1. The molecule has 0 aliphatic heterocycles. The molecule has 4 heteroatoms. The number of ether oxygens (including phenoxy) is 1. The van der Waals surface area contributed by atoms with Crippen molar-refractivity contribution >= 4 is 5.65 Å². The van der Waals surface area contributed by atoms with Crippen LogP contribution in [0.1, 0.15) is 0 Å². The molecule has 3 rings (SSSR count). The lowest BCUT2D eigenvalue weighted by Gasteiger charge is -1.99. The van der Waals surface area contributed by atoms with Crippen molar-refractivity contribution in [2.75, 3.05) is 7.11 Å². The third-order valence-corrected chi connectivity index (χ3v) is 2.84. The van der Waals surface area contributed by atoms with Crippen LogP contribution in [0, 0.1) is 0 Å². The third-order valence-electron chi connectivity index (χ3n) is 2.84. The number of phenols is 1. The van der Waals surface area contributed by atoms with E-state index in [1.165, 1.54) is 0 Å². The van der Waals surface area contributed by atoms with Crippen molar-refractivity contribution in [3.05, 3.63) is 48.8 Å². The zero-order valence-electron chi connectivity index (χ0n) is 9.87. The van der Waals surface area contributed by atoms with E-state index in [-0.39, 0.29) is 5.75 Å². The van der Waals surface area contributed by atoms with Gasteiger partial charge in [-0.25, -0.2) is 4.98 Å². The number of methoxy groups -OCH3 is 1. The van der Waals surface area contributed by atoms with Crippen molar-refractivity contribution in [2.24, 2.45) is 0 Å². The fourth-order valence-electron chi connectivity index (χ4n) is 1.91. The first kappa shape index (κ1) is 10.7. The van der Waals surface area contributed by atoms with Crippen LogP contribution in [-0.2, 0) is 0 Å². The summed E-state index contributed by atoms with van der Waals surface area (Å²) in [6.07, 6.45) is 3.72. The van der Waals surface area contributed by atoms with Crippen molar-refractivity contribution in [3.63, 3.8) is 0 Å². The van der Waals surface area contributed by atoms with E-state index >= 15 is 0 Å². The number of hydrogen-bond donors (Lipinski definition) is 1. The summed E-state index contributed by atoms with van der Waals surface area (Å²) in [5, 5.41) is 9.82. The van der Waals surface area contributed by atoms with Crippen molar-refractivity contribution in [3.8, 4) is 22.8 Å². The number of aromatic hydroxyl groups is 1. The number of aromatic nitrogens is 2. The predicted octanol–water partition coefficient (Wildman–Crippen LogP) is 2.72. The van der Waals surface area contributed by atoms with Gasteiger partial charge in [0.2, 0.25) is 0 Å². The van der Waals surface area contributed by atoms with E-state index in [1.807, 2.05) is 41.1 Å². The zero-order chi connectivity index (χ0) is 12.5. The van der Waals surface area contributed by atoms with Gasteiger partial charge >= 0.3 is 0 Å². The molecular weight excluding hydrogens is 228 g/mol. The van der Waals surface area contributed by atoms with Gasteiger partial charge in [-0.15, -0.1) is 0 Å². The lowest BCUT2D eigenvalue weighted by molar-refractivity contribution is 0.412. The van der Waals surface area contributed by atoms with Crippen LogP contribution in [0.4, 0.5) is 0 Å². The average molecular weight is 240 g/mol. The van der Waals surface area contributed by atoms with Gasteiger partial charge in [0, 0.05) is 11.8 Å². The van der Waals surface area contributed by atoms with E-state index in [0.717, 1.165) is 22.7 Å². The molecule has 3 aromatic rings. The maximum absolute atomic E-state index is 9.82. The summed E-state index contributed by atoms with van der Waals surface area (Å²) in [6.45, 7) is 0. The van der Waals surface area contributed by atoms with Crippen LogP contribution in [0.3, 0.4) is 0 Å². The molecule has 0 aliphatic rings. The molecule has 0 fully saturated rings. The molecule has 18 heavy (non-hydrogen) atoms. The second-order valence-corrected chi connectivity index (χ2v) is 3.98. The predicted molar refractivity (Wildman–Crippen MR) is 68.8 cm³/mol. The van der Waals surface area contributed by atoms with Gasteiger partial charge in [-0.2, -0.15) is 0 Å². The largest absolute Gasteiger partial charge is 0.507 e. The molecule has 0 amide bonds. The second kappa shape index (κ2) is 4.07. The van der Waals surface area contributed by atoms with E-state index < -0.39 is 0 Å². The number of fused-ring (bicyclic) bond motifs is 1. The van der Waals surface area contributed by atoms with Gasteiger partial charge in [0.05, 0.1) is 19.0 Å². The number of benzene rings is 1.